The highest BCUT2D eigenvalue weighted by Crippen LogP contribution is 2.52. The third-order valence-electron chi connectivity index (χ3n) is 2.69. The van der Waals surface area contributed by atoms with Crippen molar-refractivity contribution < 1.29 is 31.4 Å². The van der Waals surface area contributed by atoms with Crippen LogP contribution in [-0.4, -0.2) is 17.5 Å². The zero-order valence-electron chi connectivity index (χ0n) is 9.01. The molecule has 2 rings (SSSR count). The van der Waals surface area contributed by atoms with E-state index in [0.29, 0.717) is 17.4 Å². The van der Waals surface area contributed by atoms with Gasteiger partial charge in [-0.2, -0.15) is 26.3 Å². The van der Waals surface area contributed by atoms with E-state index in [1.165, 1.54) is 17.5 Å². The molecule has 104 valence electrons. The summed E-state index contributed by atoms with van der Waals surface area (Å²) in [6.07, 6.45) is -11.7. The normalized spacial score (nSPS) is 14.1. The van der Waals surface area contributed by atoms with Gasteiger partial charge in [-0.3, -0.25) is 0 Å². The zero-order chi connectivity index (χ0) is 14.5. The average molecular weight is 300 g/mol. The number of rotatable bonds is 1. The average Bonchev–Trinajstić information content (AvgIpc) is 2.72. The lowest BCUT2D eigenvalue weighted by Crippen LogP contribution is -2.53. The third kappa shape index (κ3) is 1.99. The summed E-state index contributed by atoms with van der Waals surface area (Å²) in [5.74, 6) is 0. The van der Waals surface area contributed by atoms with Crippen molar-refractivity contribution in [1.29, 1.82) is 0 Å². The van der Waals surface area contributed by atoms with Crippen LogP contribution in [0.4, 0.5) is 26.3 Å². The molecule has 0 bridgehead atoms. The van der Waals surface area contributed by atoms with Gasteiger partial charge in [0.25, 0.3) is 5.60 Å². The molecular formula is C11H6F6OS. The molecule has 19 heavy (non-hydrogen) atoms. The van der Waals surface area contributed by atoms with E-state index in [1.807, 2.05) is 0 Å². The number of benzene rings is 1. The quantitative estimate of drug-likeness (QED) is 0.782. The fourth-order valence-electron chi connectivity index (χ4n) is 1.74. The first-order valence-corrected chi connectivity index (χ1v) is 5.79. The second-order valence-electron chi connectivity index (χ2n) is 3.85. The predicted molar refractivity (Wildman–Crippen MR) is 57.8 cm³/mol. The Kier molecular flexibility index (Phi) is 3.06. The molecule has 1 N–H and O–H groups in total. The Labute approximate surface area is 107 Å². The standard InChI is InChI=1S/C11H6F6OS/c12-10(13,14)9(18,11(15,16)17)7-3-1-2-6-4-5-19-8(6)7/h1-5,18H. The van der Waals surface area contributed by atoms with E-state index in [9.17, 15) is 31.4 Å². The lowest BCUT2D eigenvalue weighted by molar-refractivity contribution is -0.375. The first-order valence-electron chi connectivity index (χ1n) is 4.91. The van der Waals surface area contributed by atoms with Gasteiger partial charge < -0.3 is 5.11 Å². The Balaban J connectivity index is 2.80. The van der Waals surface area contributed by atoms with Crippen LogP contribution in [0.25, 0.3) is 10.1 Å². The van der Waals surface area contributed by atoms with Gasteiger partial charge in [-0.05, 0) is 16.8 Å². The molecule has 0 spiro atoms. The van der Waals surface area contributed by atoms with Gasteiger partial charge in [0.05, 0.1) is 0 Å². The Morgan fingerprint density at radius 3 is 2.00 bits per heavy atom. The van der Waals surface area contributed by atoms with Gasteiger partial charge in [0.15, 0.2) is 0 Å². The van der Waals surface area contributed by atoms with Crippen LogP contribution in [0.1, 0.15) is 5.56 Å². The Morgan fingerprint density at radius 2 is 1.47 bits per heavy atom. The minimum atomic E-state index is -5.86. The van der Waals surface area contributed by atoms with Gasteiger partial charge in [-0.1, -0.05) is 18.2 Å². The molecule has 0 radical (unpaired) electrons. The van der Waals surface area contributed by atoms with Crippen molar-refractivity contribution in [3.8, 4) is 0 Å². The van der Waals surface area contributed by atoms with Gasteiger partial charge in [0.2, 0.25) is 0 Å². The van der Waals surface area contributed by atoms with Crippen molar-refractivity contribution in [2.75, 3.05) is 0 Å². The number of hydrogen-bond acceptors (Lipinski definition) is 2. The number of halogens is 6. The van der Waals surface area contributed by atoms with Crippen molar-refractivity contribution in [2.45, 2.75) is 18.0 Å². The molecule has 8 heteroatoms. The topological polar surface area (TPSA) is 20.2 Å². The molecule has 1 aromatic carbocycles. The van der Waals surface area contributed by atoms with Crippen molar-refractivity contribution >= 4 is 21.4 Å². The fourth-order valence-corrected chi connectivity index (χ4v) is 2.71. The Hall–Kier alpha value is -1.28. The second-order valence-corrected chi connectivity index (χ2v) is 4.77. The first-order chi connectivity index (χ1) is 8.59. The first kappa shape index (κ1) is 14.1. The predicted octanol–water partition coefficient (Wildman–Crippen LogP) is 4.21. The molecule has 0 unspecified atom stereocenters. The van der Waals surface area contributed by atoms with Gasteiger partial charge in [-0.15, -0.1) is 11.3 Å². The van der Waals surface area contributed by atoms with E-state index in [-0.39, 0.29) is 10.1 Å². The van der Waals surface area contributed by atoms with Crippen molar-refractivity contribution in [3.05, 3.63) is 35.2 Å². The number of hydrogen-bond donors (Lipinski definition) is 1. The molecule has 0 saturated carbocycles. The Morgan fingerprint density at radius 1 is 0.895 bits per heavy atom. The Bertz CT molecular complexity index is 583. The molecule has 0 fully saturated rings. The fraction of sp³-hybridized carbons (Fsp3) is 0.273. The van der Waals surface area contributed by atoms with Gasteiger partial charge >= 0.3 is 12.4 Å². The third-order valence-corrected chi connectivity index (χ3v) is 3.65. The van der Waals surface area contributed by atoms with Crippen LogP contribution >= 0.6 is 11.3 Å². The van der Waals surface area contributed by atoms with Crippen LogP contribution in [0.3, 0.4) is 0 Å². The largest absolute Gasteiger partial charge is 0.430 e. The maximum absolute atomic E-state index is 12.8. The molecule has 1 heterocycles. The molecule has 0 amide bonds. The lowest BCUT2D eigenvalue weighted by Gasteiger charge is -2.32. The monoisotopic (exact) mass is 300 g/mol. The van der Waals surface area contributed by atoms with Crippen LogP contribution in [0, 0.1) is 0 Å². The van der Waals surface area contributed by atoms with E-state index in [1.54, 1.807) is 0 Å². The molecule has 0 aliphatic rings. The zero-order valence-corrected chi connectivity index (χ0v) is 9.83. The van der Waals surface area contributed by atoms with Crippen LogP contribution in [0.2, 0.25) is 0 Å². The molecule has 0 aliphatic carbocycles. The van der Waals surface area contributed by atoms with E-state index in [2.05, 4.69) is 0 Å². The van der Waals surface area contributed by atoms with Gasteiger partial charge in [-0.25, -0.2) is 0 Å². The van der Waals surface area contributed by atoms with Crippen molar-refractivity contribution in [3.63, 3.8) is 0 Å². The number of fused-ring (bicyclic) bond motifs is 1. The summed E-state index contributed by atoms with van der Waals surface area (Å²) in [4.78, 5) is 0. The molecule has 0 atom stereocenters. The minimum absolute atomic E-state index is 0.217. The summed E-state index contributed by atoms with van der Waals surface area (Å²) in [7, 11) is 0. The maximum Gasteiger partial charge on any atom is 0.430 e. The number of alkyl halides is 6. The van der Waals surface area contributed by atoms with Crippen LogP contribution in [0.5, 0.6) is 0 Å². The van der Waals surface area contributed by atoms with Crippen LogP contribution in [0.15, 0.2) is 29.6 Å². The lowest BCUT2D eigenvalue weighted by atomic mass is 9.91. The summed E-state index contributed by atoms with van der Waals surface area (Å²) in [6, 6.07) is 4.45. The van der Waals surface area contributed by atoms with E-state index in [4.69, 9.17) is 0 Å². The molecule has 0 saturated heterocycles. The molecule has 0 aliphatic heterocycles. The van der Waals surface area contributed by atoms with Gasteiger partial charge in [0.1, 0.15) is 0 Å². The summed E-state index contributed by atoms with van der Waals surface area (Å²) in [6.45, 7) is 0. The molecular weight excluding hydrogens is 294 g/mol. The second kappa shape index (κ2) is 4.11. The summed E-state index contributed by atoms with van der Waals surface area (Å²) < 4.78 is 76.3. The highest BCUT2D eigenvalue weighted by Gasteiger charge is 2.71. The summed E-state index contributed by atoms with van der Waals surface area (Å²) in [5.41, 5.74) is -6.07. The highest BCUT2D eigenvalue weighted by molar-refractivity contribution is 7.17. The highest BCUT2D eigenvalue weighted by atomic mass is 32.1. The van der Waals surface area contributed by atoms with E-state index < -0.39 is 23.5 Å². The van der Waals surface area contributed by atoms with Gasteiger partial charge in [0, 0.05) is 10.3 Å². The molecule has 1 aromatic heterocycles. The SMILES string of the molecule is OC(c1cccc2ccsc12)(C(F)(F)F)C(F)(F)F. The smallest absolute Gasteiger partial charge is 0.369 e. The molecule has 2 aromatic rings. The summed E-state index contributed by atoms with van der Waals surface area (Å²) in [5, 5.41) is 10.9. The van der Waals surface area contributed by atoms with Crippen molar-refractivity contribution in [1.82, 2.24) is 0 Å². The minimum Gasteiger partial charge on any atom is -0.369 e. The van der Waals surface area contributed by atoms with Crippen LogP contribution < -0.4 is 0 Å². The van der Waals surface area contributed by atoms with Crippen LogP contribution in [-0.2, 0) is 5.60 Å². The maximum atomic E-state index is 12.8. The summed E-state index contributed by atoms with van der Waals surface area (Å²) >= 11 is 0.713. The molecule has 1 nitrogen and oxygen atoms in total. The van der Waals surface area contributed by atoms with E-state index >= 15 is 0 Å². The van der Waals surface area contributed by atoms with Crippen molar-refractivity contribution in [2.24, 2.45) is 0 Å². The van der Waals surface area contributed by atoms with E-state index in [0.717, 1.165) is 6.07 Å². The number of aliphatic hydroxyl groups is 1. The number of thiophene rings is 1.